The molecule has 0 radical (unpaired) electrons. The molecule has 0 heterocycles. The maximum Gasteiger partial charge on any atom is 0.409 e. The molecule has 1 amide bonds. The van der Waals surface area contributed by atoms with Gasteiger partial charge in [0, 0.05) is 13.6 Å². The molecule has 0 saturated heterocycles. The SMILES string of the molecule is COc1ccc(CN(C)C(=O)OCCO)cc1OC. The zero-order valence-corrected chi connectivity index (χ0v) is 11.4. The van der Waals surface area contributed by atoms with E-state index in [9.17, 15) is 4.79 Å². The molecule has 0 bridgehead atoms. The van der Waals surface area contributed by atoms with E-state index in [1.807, 2.05) is 6.07 Å². The number of ether oxygens (including phenoxy) is 3. The smallest absolute Gasteiger partial charge is 0.409 e. The standard InChI is InChI=1S/C13H19NO5/c1-14(13(16)19-7-6-15)9-10-4-5-11(17-2)12(8-10)18-3/h4-5,8,15H,6-7,9H2,1-3H3. The Morgan fingerprint density at radius 2 is 1.95 bits per heavy atom. The van der Waals surface area contributed by atoms with Gasteiger partial charge in [0.15, 0.2) is 11.5 Å². The lowest BCUT2D eigenvalue weighted by molar-refractivity contribution is 0.0893. The van der Waals surface area contributed by atoms with E-state index in [1.165, 1.54) is 4.90 Å². The van der Waals surface area contributed by atoms with E-state index in [0.717, 1.165) is 5.56 Å². The molecule has 0 aromatic heterocycles. The van der Waals surface area contributed by atoms with Crippen molar-refractivity contribution < 1.29 is 24.1 Å². The average molecular weight is 269 g/mol. The molecule has 6 nitrogen and oxygen atoms in total. The van der Waals surface area contributed by atoms with Crippen molar-refractivity contribution in [2.45, 2.75) is 6.54 Å². The number of benzene rings is 1. The van der Waals surface area contributed by atoms with Crippen molar-refractivity contribution in [1.29, 1.82) is 0 Å². The predicted octanol–water partition coefficient (Wildman–Crippen LogP) is 1.26. The lowest BCUT2D eigenvalue weighted by atomic mass is 10.2. The summed E-state index contributed by atoms with van der Waals surface area (Å²) < 4.78 is 15.1. The van der Waals surface area contributed by atoms with Gasteiger partial charge in [0.05, 0.1) is 20.8 Å². The van der Waals surface area contributed by atoms with Gasteiger partial charge >= 0.3 is 6.09 Å². The summed E-state index contributed by atoms with van der Waals surface area (Å²) in [5, 5.41) is 8.59. The Hall–Kier alpha value is -1.95. The van der Waals surface area contributed by atoms with E-state index in [0.29, 0.717) is 18.0 Å². The van der Waals surface area contributed by atoms with Crippen molar-refractivity contribution in [3.63, 3.8) is 0 Å². The Morgan fingerprint density at radius 1 is 1.26 bits per heavy atom. The summed E-state index contributed by atoms with van der Waals surface area (Å²) in [6, 6.07) is 5.42. The first-order valence-corrected chi connectivity index (χ1v) is 5.82. The second-order valence-electron chi connectivity index (χ2n) is 3.88. The summed E-state index contributed by atoms with van der Waals surface area (Å²) in [7, 11) is 4.74. The molecule has 0 saturated carbocycles. The summed E-state index contributed by atoms with van der Waals surface area (Å²) >= 11 is 0. The highest BCUT2D eigenvalue weighted by molar-refractivity contribution is 5.67. The molecule has 0 aliphatic rings. The van der Waals surface area contributed by atoms with Crippen LogP contribution in [0.1, 0.15) is 5.56 Å². The van der Waals surface area contributed by atoms with Gasteiger partial charge in [0.2, 0.25) is 0 Å². The van der Waals surface area contributed by atoms with Crippen molar-refractivity contribution >= 4 is 6.09 Å². The number of methoxy groups -OCH3 is 2. The molecule has 0 aliphatic heterocycles. The van der Waals surface area contributed by atoms with Crippen LogP contribution < -0.4 is 9.47 Å². The van der Waals surface area contributed by atoms with E-state index in [1.54, 1.807) is 33.4 Å². The Morgan fingerprint density at radius 3 is 2.53 bits per heavy atom. The molecule has 0 atom stereocenters. The minimum atomic E-state index is -0.483. The van der Waals surface area contributed by atoms with Gasteiger partial charge in [-0.2, -0.15) is 0 Å². The zero-order valence-electron chi connectivity index (χ0n) is 11.4. The second kappa shape index (κ2) is 7.48. The number of nitrogens with zero attached hydrogens (tertiary/aromatic N) is 1. The van der Waals surface area contributed by atoms with Crippen molar-refractivity contribution in [3.05, 3.63) is 23.8 Å². The Balaban J connectivity index is 2.68. The third kappa shape index (κ3) is 4.33. The van der Waals surface area contributed by atoms with Gasteiger partial charge in [0.1, 0.15) is 6.61 Å². The number of rotatable bonds is 6. The zero-order chi connectivity index (χ0) is 14.3. The number of aliphatic hydroxyl groups is 1. The van der Waals surface area contributed by atoms with Gasteiger partial charge in [-0.05, 0) is 17.7 Å². The monoisotopic (exact) mass is 269 g/mol. The fourth-order valence-corrected chi connectivity index (χ4v) is 1.56. The average Bonchev–Trinajstić information content (AvgIpc) is 2.44. The first-order chi connectivity index (χ1) is 9.12. The van der Waals surface area contributed by atoms with Gasteiger partial charge in [-0.15, -0.1) is 0 Å². The van der Waals surface area contributed by atoms with Crippen molar-refractivity contribution in [3.8, 4) is 11.5 Å². The summed E-state index contributed by atoms with van der Waals surface area (Å²) in [6.45, 7) is 0.190. The fourth-order valence-electron chi connectivity index (χ4n) is 1.56. The van der Waals surface area contributed by atoms with Crippen LogP contribution in [0.3, 0.4) is 0 Å². The molecule has 1 aromatic carbocycles. The van der Waals surface area contributed by atoms with Gasteiger partial charge in [-0.1, -0.05) is 6.07 Å². The maximum atomic E-state index is 11.5. The van der Waals surface area contributed by atoms with Crippen LogP contribution in [0.5, 0.6) is 11.5 Å². The van der Waals surface area contributed by atoms with Crippen molar-refractivity contribution in [2.75, 3.05) is 34.5 Å². The Bertz CT molecular complexity index is 421. The van der Waals surface area contributed by atoms with Gasteiger partial charge in [-0.3, -0.25) is 0 Å². The van der Waals surface area contributed by atoms with Crippen LogP contribution >= 0.6 is 0 Å². The van der Waals surface area contributed by atoms with E-state index in [-0.39, 0.29) is 13.2 Å². The highest BCUT2D eigenvalue weighted by Gasteiger charge is 2.12. The maximum absolute atomic E-state index is 11.5. The van der Waals surface area contributed by atoms with E-state index in [4.69, 9.17) is 19.3 Å². The number of hydrogen-bond acceptors (Lipinski definition) is 5. The number of carbonyl (C=O) groups is 1. The molecule has 0 spiro atoms. The lowest BCUT2D eigenvalue weighted by Crippen LogP contribution is -2.27. The summed E-state index contributed by atoms with van der Waals surface area (Å²) in [4.78, 5) is 12.9. The van der Waals surface area contributed by atoms with Crippen LogP contribution in [0.4, 0.5) is 4.79 Å². The minimum absolute atomic E-state index is 0.00485. The highest BCUT2D eigenvalue weighted by atomic mass is 16.6. The van der Waals surface area contributed by atoms with E-state index in [2.05, 4.69) is 0 Å². The summed E-state index contributed by atoms with van der Waals surface area (Å²) in [6.07, 6.45) is -0.483. The predicted molar refractivity (Wildman–Crippen MR) is 69.4 cm³/mol. The molecule has 0 unspecified atom stereocenters. The van der Waals surface area contributed by atoms with Crippen LogP contribution in [-0.4, -0.2) is 50.6 Å². The fraction of sp³-hybridized carbons (Fsp3) is 0.462. The van der Waals surface area contributed by atoms with Crippen molar-refractivity contribution in [2.24, 2.45) is 0 Å². The normalized spacial score (nSPS) is 9.89. The largest absolute Gasteiger partial charge is 0.493 e. The Kier molecular flexibility index (Phi) is 5.95. The Labute approximate surface area is 112 Å². The minimum Gasteiger partial charge on any atom is -0.493 e. The summed E-state index contributed by atoms with van der Waals surface area (Å²) in [5.74, 6) is 1.24. The molecule has 1 aromatic rings. The number of hydrogen-bond donors (Lipinski definition) is 1. The first kappa shape index (κ1) is 15.1. The van der Waals surface area contributed by atoms with Gasteiger partial charge in [0.25, 0.3) is 0 Å². The van der Waals surface area contributed by atoms with Crippen LogP contribution in [-0.2, 0) is 11.3 Å². The molecule has 6 heteroatoms. The van der Waals surface area contributed by atoms with Gasteiger partial charge < -0.3 is 24.2 Å². The molecule has 19 heavy (non-hydrogen) atoms. The third-order valence-electron chi connectivity index (χ3n) is 2.50. The third-order valence-corrected chi connectivity index (χ3v) is 2.50. The molecule has 1 N–H and O–H groups in total. The van der Waals surface area contributed by atoms with E-state index < -0.39 is 6.09 Å². The molecule has 0 fully saturated rings. The quantitative estimate of drug-likeness (QED) is 0.842. The van der Waals surface area contributed by atoms with E-state index >= 15 is 0 Å². The van der Waals surface area contributed by atoms with Crippen LogP contribution in [0.2, 0.25) is 0 Å². The van der Waals surface area contributed by atoms with Gasteiger partial charge in [-0.25, -0.2) is 4.79 Å². The number of aliphatic hydroxyl groups excluding tert-OH is 1. The van der Waals surface area contributed by atoms with Crippen molar-refractivity contribution in [1.82, 2.24) is 4.90 Å². The van der Waals surface area contributed by atoms with Crippen LogP contribution in [0.25, 0.3) is 0 Å². The second-order valence-corrected chi connectivity index (χ2v) is 3.88. The number of amides is 1. The lowest BCUT2D eigenvalue weighted by Gasteiger charge is -2.17. The molecular weight excluding hydrogens is 250 g/mol. The molecular formula is C13H19NO5. The first-order valence-electron chi connectivity index (χ1n) is 5.82. The molecule has 1 rings (SSSR count). The van der Waals surface area contributed by atoms with Crippen LogP contribution in [0, 0.1) is 0 Å². The highest BCUT2D eigenvalue weighted by Crippen LogP contribution is 2.27. The summed E-state index contributed by atoms with van der Waals surface area (Å²) in [5.41, 5.74) is 0.890. The number of carbonyl (C=O) groups excluding carboxylic acids is 1. The topological polar surface area (TPSA) is 68.2 Å². The van der Waals surface area contributed by atoms with Crippen LogP contribution in [0.15, 0.2) is 18.2 Å². The molecule has 0 aliphatic carbocycles. The molecule has 106 valence electrons.